The Kier molecular flexibility index (Phi) is 8.63. The summed E-state index contributed by atoms with van der Waals surface area (Å²) in [7, 11) is 1.80. The van der Waals surface area contributed by atoms with Crippen molar-refractivity contribution in [2.24, 2.45) is 4.99 Å². The zero-order chi connectivity index (χ0) is 17.0. The van der Waals surface area contributed by atoms with Crippen molar-refractivity contribution >= 4 is 5.96 Å². The lowest BCUT2D eigenvalue weighted by Crippen LogP contribution is -2.37. The Hall–Kier alpha value is -1.59. The van der Waals surface area contributed by atoms with E-state index in [1.807, 2.05) is 0 Å². The second-order valence-corrected chi connectivity index (χ2v) is 6.15. The molecule has 0 unspecified atom stereocenters. The lowest BCUT2D eigenvalue weighted by molar-refractivity contribution is -0.0390. The first kappa shape index (κ1) is 18.7. The molecule has 2 rings (SSSR count). The Morgan fingerprint density at radius 3 is 2.79 bits per heavy atom. The molecule has 0 atom stereocenters. The third-order valence-corrected chi connectivity index (χ3v) is 4.15. The molecule has 1 aliphatic rings. The molecule has 5 heteroatoms. The predicted molar refractivity (Wildman–Crippen MR) is 98.2 cm³/mol. The second-order valence-electron chi connectivity index (χ2n) is 6.15. The Morgan fingerprint density at radius 2 is 2.04 bits per heavy atom. The standard InChI is InChI=1S/C19H31N3O2/c1-3-4-10-21-19(20-2)22-14-16-6-5-7-17(13-16)15-24-18-8-11-23-12-9-18/h5-7,13,18H,3-4,8-12,14-15H2,1-2H3,(H2,20,21,22). The van der Waals surface area contributed by atoms with Gasteiger partial charge in [0, 0.05) is 33.4 Å². The van der Waals surface area contributed by atoms with E-state index in [4.69, 9.17) is 9.47 Å². The maximum Gasteiger partial charge on any atom is 0.191 e. The van der Waals surface area contributed by atoms with Gasteiger partial charge in [0.15, 0.2) is 5.96 Å². The highest BCUT2D eigenvalue weighted by atomic mass is 16.5. The molecule has 1 aromatic carbocycles. The van der Waals surface area contributed by atoms with Crippen molar-refractivity contribution in [3.05, 3.63) is 35.4 Å². The molecule has 1 aliphatic heterocycles. The predicted octanol–water partition coefficient (Wildman–Crippen LogP) is 2.85. The van der Waals surface area contributed by atoms with Gasteiger partial charge in [0.25, 0.3) is 0 Å². The highest BCUT2D eigenvalue weighted by Gasteiger charge is 2.14. The average Bonchev–Trinajstić information content (AvgIpc) is 2.64. The summed E-state index contributed by atoms with van der Waals surface area (Å²) in [5.41, 5.74) is 2.45. The van der Waals surface area contributed by atoms with Gasteiger partial charge < -0.3 is 20.1 Å². The number of rotatable bonds is 8. The molecule has 0 radical (unpaired) electrons. The minimum atomic E-state index is 0.335. The van der Waals surface area contributed by atoms with Gasteiger partial charge in [-0.3, -0.25) is 4.99 Å². The Bertz CT molecular complexity index is 499. The molecule has 5 nitrogen and oxygen atoms in total. The van der Waals surface area contributed by atoms with Crippen LogP contribution in [0.15, 0.2) is 29.3 Å². The summed E-state index contributed by atoms with van der Waals surface area (Å²) in [6.07, 6.45) is 4.67. The first-order valence-electron chi connectivity index (χ1n) is 9.03. The number of nitrogens with zero attached hydrogens (tertiary/aromatic N) is 1. The van der Waals surface area contributed by atoms with Crippen LogP contribution in [0.1, 0.15) is 43.7 Å². The van der Waals surface area contributed by atoms with Gasteiger partial charge in [-0.05, 0) is 30.4 Å². The van der Waals surface area contributed by atoms with Crippen LogP contribution in [0.5, 0.6) is 0 Å². The molecular weight excluding hydrogens is 302 g/mol. The van der Waals surface area contributed by atoms with E-state index in [-0.39, 0.29) is 0 Å². The van der Waals surface area contributed by atoms with Gasteiger partial charge >= 0.3 is 0 Å². The molecule has 1 heterocycles. The van der Waals surface area contributed by atoms with Crippen molar-refractivity contribution < 1.29 is 9.47 Å². The van der Waals surface area contributed by atoms with Crippen molar-refractivity contribution in [1.82, 2.24) is 10.6 Å². The van der Waals surface area contributed by atoms with Crippen LogP contribution in [0.3, 0.4) is 0 Å². The van der Waals surface area contributed by atoms with Crippen molar-refractivity contribution in [2.45, 2.75) is 51.9 Å². The molecule has 0 aromatic heterocycles. The Labute approximate surface area is 145 Å². The third-order valence-electron chi connectivity index (χ3n) is 4.15. The maximum atomic E-state index is 6.00. The van der Waals surface area contributed by atoms with E-state index in [2.05, 4.69) is 46.8 Å². The molecule has 2 N–H and O–H groups in total. The monoisotopic (exact) mass is 333 g/mol. The molecule has 1 saturated heterocycles. The maximum absolute atomic E-state index is 6.00. The van der Waals surface area contributed by atoms with Crippen LogP contribution >= 0.6 is 0 Å². The minimum absolute atomic E-state index is 0.335. The summed E-state index contributed by atoms with van der Waals surface area (Å²) in [5.74, 6) is 0.854. The number of guanidine groups is 1. The number of nitrogens with one attached hydrogen (secondary N) is 2. The van der Waals surface area contributed by atoms with Crippen LogP contribution in [-0.2, 0) is 22.6 Å². The number of ether oxygens (including phenoxy) is 2. The topological polar surface area (TPSA) is 54.9 Å². The molecule has 134 valence electrons. The lowest BCUT2D eigenvalue weighted by Gasteiger charge is -2.22. The van der Waals surface area contributed by atoms with Gasteiger partial charge in [-0.2, -0.15) is 0 Å². The molecule has 1 aromatic rings. The van der Waals surface area contributed by atoms with E-state index in [1.165, 1.54) is 17.5 Å². The minimum Gasteiger partial charge on any atom is -0.381 e. The van der Waals surface area contributed by atoms with Gasteiger partial charge in [0.1, 0.15) is 0 Å². The van der Waals surface area contributed by atoms with E-state index < -0.39 is 0 Å². The smallest absolute Gasteiger partial charge is 0.191 e. The molecule has 0 spiro atoms. The fourth-order valence-electron chi connectivity index (χ4n) is 2.68. The van der Waals surface area contributed by atoms with Crippen LogP contribution < -0.4 is 10.6 Å². The van der Waals surface area contributed by atoms with Gasteiger partial charge in [-0.1, -0.05) is 37.6 Å². The second kappa shape index (κ2) is 11.0. The number of aliphatic imine (C=N–C) groups is 1. The van der Waals surface area contributed by atoms with Crippen molar-refractivity contribution in [3.8, 4) is 0 Å². The van der Waals surface area contributed by atoms with Crippen molar-refractivity contribution in [2.75, 3.05) is 26.8 Å². The Balaban J connectivity index is 1.76. The first-order valence-corrected chi connectivity index (χ1v) is 9.03. The molecule has 0 bridgehead atoms. The van der Waals surface area contributed by atoms with E-state index in [0.717, 1.165) is 51.5 Å². The summed E-state index contributed by atoms with van der Waals surface area (Å²) in [6, 6.07) is 8.54. The van der Waals surface area contributed by atoms with E-state index in [0.29, 0.717) is 12.7 Å². The SMILES string of the molecule is CCCCNC(=NC)NCc1cccc(COC2CCOCC2)c1. The van der Waals surface area contributed by atoms with Gasteiger partial charge in [-0.15, -0.1) is 0 Å². The van der Waals surface area contributed by atoms with Gasteiger partial charge in [0.2, 0.25) is 0 Å². The molecule has 24 heavy (non-hydrogen) atoms. The molecule has 0 amide bonds. The van der Waals surface area contributed by atoms with Gasteiger partial charge in [0.05, 0.1) is 12.7 Å². The van der Waals surface area contributed by atoms with Crippen molar-refractivity contribution in [3.63, 3.8) is 0 Å². The third kappa shape index (κ3) is 6.89. The highest BCUT2D eigenvalue weighted by Crippen LogP contribution is 2.14. The summed E-state index contributed by atoms with van der Waals surface area (Å²) >= 11 is 0. The summed E-state index contributed by atoms with van der Waals surface area (Å²) in [6.45, 7) is 6.21. The normalized spacial score (nSPS) is 16.2. The van der Waals surface area contributed by atoms with Crippen LogP contribution in [0.25, 0.3) is 0 Å². The zero-order valence-electron chi connectivity index (χ0n) is 15.0. The Morgan fingerprint density at radius 1 is 1.25 bits per heavy atom. The summed E-state index contributed by atoms with van der Waals surface area (Å²) in [4.78, 5) is 4.25. The zero-order valence-corrected chi connectivity index (χ0v) is 15.0. The van der Waals surface area contributed by atoms with Crippen molar-refractivity contribution in [1.29, 1.82) is 0 Å². The van der Waals surface area contributed by atoms with Crippen LogP contribution in [0.2, 0.25) is 0 Å². The van der Waals surface area contributed by atoms with Crippen LogP contribution in [0, 0.1) is 0 Å². The molecule has 1 fully saturated rings. The molecule has 0 aliphatic carbocycles. The quantitative estimate of drug-likeness (QED) is 0.436. The largest absolute Gasteiger partial charge is 0.381 e. The van der Waals surface area contributed by atoms with Crippen LogP contribution in [0.4, 0.5) is 0 Å². The molecule has 0 saturated carbocycles. The number of unbranched alkanes of at least 4 members (excludes halogenated alkanes) is 1. The summed E-state index contributed by atoms with van der Waals surface area (Å²) in [5, 5.41) is 6.68. The average molecular weight is 333 g/mol. The lowest BCUT2D eigenvalue weighted by atomic mass is 10.1. The van der Waals surface area contributed by atoms with Crippen LogP contribution in [-0.4, -0.2) is 38.9 Å². The van der Waals surface area contributed by atoms with E-state index in [9.17, 15) is 0 Å². The highest BCUT2D eigenvalue weighted by molar-refractivity contribution is 5.79. The number of hydrogen-bond acceptors (Lipinski definition) is 3. The number of hydrogen-bond donors (Lipinski definition) is 2. The molecular formula is C19H31N3O2. The summed E-state index contributed by atoms with van der Waals surface area (Å²) < 4.78 is 11.4. The van der Waals surface area contributed by atoms with Gasteiger partial charge in [-0.25, -0.2) is 0 Å². The first-order chi connectivity index (χ1) is 11.8. The van der Waals surface area contributed by atoms with E-state index in [1.54, 1.807) is 7.05 Å². The fourth-order valence-corrected chi connectivity index (χ4v) is 2.68. The fraction of sp³-hybridized carbons (Fsp3) is 0.632. The number of benzene rings is 1. The van der Waals surface area contributed by atoms with E-state index >= 15 is 0 Å².